The van der Waals surface area contributed by atoms with Crippen molar-refractivity contribution >= 4 is 30.5 Å². The SMILES string of the molecule is C#CN(C(=O)C(CS)NC(=O)OC(C)(C)C)C(C(=O)NCCCCC)c1cccc(O)c1. The Hall–Kier alpha value is -2.86. The molecule has 0 aliphatic carbocycles. The number of thiol groups is 1. The van der Waals surface area contributed by atoms with Gasteiger partial charge in [0.1, 0.15) is 23.4 Å². The Bertz CT molecular complexity index is 832. The lowest BCUT2D eigenvalue weighted by Crippen LogP contribution is -2.52. The van der Waals surface area contributed by atoms with Crippen molar-refractivity contribution in [1.82, 2.24) is 15.5 Å². The topological polar surface area (TPSA) is 108 Å². The Balaban J connectivity index is 3.17. The molecule has 0 fully saturated rings. The van der Waals surface area contributed by atoms with Gasteiger partial charge < -0.3 is 20.5 Å². The van der Waals surface area contributed by atoms with E-state index in [4.69, 9.17) is 11.2 Å². The number of carbonyl (C=O) groups is 3. The van der Waals surface area contributed by atoms with Crippen molar-refractivity contribution in [3.05, 3.63) is 29.8 Å². The van der Waals surface area contributed by atoms with Gasteiger partial charge in [-0.2, -0.15) is 12.6 Å². The molecule has 0 aliphatic rings. The highest BCUT2D eigenvalue weighted by molar-refractivity contribution is 7.80. The lowest BCUT2D eigenvalue weighted by molar-refractivity contribution is -0.138. The van der Waals surface area contributed by atoms with E-state index in [2.05, 4.69) is 29.3 Å². The first-order chi connectivity index (χ1) is 15.0. The smallest absolute Gasteiger partial charge is 0.408 e. The lowest BCUT2D eigenvalue weighted by Gasteiger charge is -2.30. The summed E-state index contributed by atoms with van der Waals surface area (Å²) >= 11 is 4.15. The molecule has 0 aromatic heterocycles. The largest absolute Gasteiger partial charge is 0.508 e. The molecule has 3 N–H and O–H groups in total. The second kappa shape index (κ2) is 12.9. The Labute approximate surface area is 195 Å². The Morgan fingerprint density at radius 1 is 1.28 bits per heavy atom. The van der Waals surface area contributed by atoms with Crippen LogP contribution in [0.4, 0.5) is 4.79 Å². The lowest BCUT2D eigenvalue weighted by atomic mass is 10.0. The number of alkyl carbamates (subject to hydrolysis) is 1. The number of amides is 3. The number of phenols is 1. The maximum atomic E-state index is 13.2. The van der Waals surface area contributed by atoms with Gasteiger partial charge in [0, 0.05) is 18.3 Å². The van der Waals surface area contributed by atoms with Crippen molar-refractivity contribution in [3.8, 4) is 18.2 Å². The van der Waals surface area contributed by atoms with Crippen LogP contribution in [0.2, 0.25) is 0 Å². The van der Waals surface area contributed by atoms with Crippen molar-refractivity contribution in [2.75, 3.05) is 12.3 Å². The van der Waals surface area contributed by atoms with Crippen LogP contribution in [0.15, 0.2) is 24.3 Å². The molecule has 0 spiro atoms. The van der Waals surface area contributed by atoms with Crippen LogP contribution < -0.4 is 10.6 Å². The molecule has 2 atom stereocenters. The Morgan fingerprint density at radius 2 is 1.97 bits per heavy atom. The van der Waals surface area contributed by atoms with Crippen LogP contribution >= 0.6 is 12.6 Å². The molecule has 32 heavy (non-hydrogen) atoms. The highest BCUT2D eigenvalue weighted by Gasteiger charge is 2.35. The zero-order valence-electron chi connectivity index (χ0n) is 19.1. The second-order valence-corrected chi connectivity index (χ2v) is 8.58. The van der Waals surface area contributed by atoms with Crippen LogP contribution in [0.25, 0.3) is 0 Å². The standard InChI is InChI=1S/C23H33N3O5S/c1-6-8-9-13-24-20(28)19(16-11-10-12-17(27)14-16)26(7-2)21(29)18(15-32)25-22(30)31-23(3,4)5/h2,10-12,14,18-19,27,32H,6,8-9,13,15H2,1,3-5H3,(H,24,28)(H,25,30). The van der Waals surface area contributed by atoms with E-state index >= 15 is 0 Å². The zero-order valence-corrected chi connectivity index (χ0v) is 19.9. The molecule has 2 unspecified atom stereocenters. The normalized spacial score (nSPS) is 12.8. The summed E-state index contributed by atoms with van der Waals surface area (Å²) in [5.74, 6) is -1.34. The highest BCUT2D eigenvalue weighted by atomic mass is 32.1. The van der Waals surface area contributed by atoms with Crippen LogP contribution in [-0.4, -0.2) is 51.9 Å². The number of terminal acetylenes is 1. The first-order valence-corrected chi connectivity index (χ1v) is 11.1. The van der Waals surface area contributed by atoms with Gasteiger partial charge in [-0.3, -0.25) is 14.5 Å². The number of nitrogens with one attached hydrogen (secondary N) is 2. The first-order valence-electron chi connectivity index (χ1n) is 10.5. The molecule has 0 bridgehead atoms. The van der Waals surface area contributed by atoms with E-state index in [9.17, 15) is 19.5 Å². The number of hydrogen-bond acceptors (Lipinski definition) is 6. The minimum absolute atomic E-state index is 0.0683. The van der Waals surface area contributed by atoms with Crippen molar-refractivity contribution in [3.63, 3.8) is 0 Å². The van der Waals surface area contributed by atoms with Gasteiger partial charge in [0.25, 0.3) is 5.91 Å². The molecule has 0 aliphatic heterocycles. The van der Waals surface area contributed by atoms with Crippen LogP contribution in [0.5, 0.6) is 5.75 Å². The van der Waals surface area contributed by atoms with E-state index in [1.54, 1.807) is 32.9 Å². The highest BCUT2D eigenvalue weighted by Crippen LogP contribution is 2.25. The van der Waals surface area contributed by atoms with Gasteiger partial charge in [-0.25, -0.2) is 4.79 Å². The summed E-state index contributed by atoms with van der Waals surface area (Å²) in [5.41, 5.74) is -0.429. The second-order valence-electron chi connectivity index (χ2n) is 8.21. The van der Waals surface area contributed by atoms with E-state index in [1.807, 2.05) is 6.92 Å². The zero-order chi connectivity index (χ0) is 24.3. The van der Waals surface area contributed by atoms with Crippen molar-refractivity contribution in [2.24, 2.45) is 0 Å². The fraction of sp³-hybridized carbons (Fsp3) is 0.522. The third-order valence-corrected chi connectivity index (χ3v) is 4.69. The minimum Gasteiger partial charge on any atom is -0.508 e. The number of phenolic OH excluding ortho intramolecular Hbond substituents is 1. The van der Waals surface area contributed by atoms with E-state index in [1.165, 1.54) is 12.1 Å². The van der Waals surface area contributed by atoms with E-state index in [0.717, 1.165) is 24.2 Å². The predicted molar refractivity (Wildman–Crippen MR) is 126 cm³/mol. The molecule has 3 amide bonds. The average Bonchev–Trinajstić information content (AvgIpc) is 2.71. The van der Waals surface area contributed by atoms with Gasteiger partial charge in [0.15, 0.2) is 0 Å². The number of aromatic hydroxyl groups is 1. The molecule has 8 nitrogen and oxygen atoms in total. The molecule has 176 valence electrons. The molecule has 0 saturated heterocycles. The molecule has 0 radical (unpaired) electrons. The number of unbranched alkanes of at least 4 members (excludes halogenated alkanes) is 2. The summed E-state index contributed by atoms with van der Waals surface area (Å²) in [4.78, 5) is 39.3. The molecule has 1 aromatic carbocycles. The van der Waals surface area contributed by atoms with Crippen molar-refractivity contribution in [2.45, 2.75) is 64.6 Å². The summed E-state index contributed by atoms with van der Waals surface area (Å²) in [6.45, 7) is 7.54. The van der Waals surface area contributed by atoms with E-state index in [-0.39, 0.29) is 11.5 Å². The number of nitrogens with zero attached hydrogens (tertiary/aromatic N) is 1. The van der Waals surface area contributed by atoms with Crippen LogP contribution in [0.3, 0.4) is 0 Å². The number of ether oxygens (including phenoxy) is 1. The molecule has 0 saturated carbocycles. The number of rotatable bonds is 10. The van der Waals surface area contributed by atoms with Gasteiger partial charge >= 0.3 is 6.09 Å². The van der Waals surface area contributed by atoms with Gasteiger partial charge in [-0.05, 0) is 44.9 Å². The van der Waals surface area contributed by atoms with Crippen LogP contribution in [0.1, 0.15) is 58.6 Å². The minimum atomic E-state index is -1.20. The fourth-order valence-corrected chi connectivity index (χ4v) is 3.11. The Morgan fingerprint density at radius 3 is 2.50 bits per heavy atom. The third kappa shape index (κ3) is 8.71. The fourth-order valence-electron chi connectivity index (χ4n) is 2.86. The van der Waals surface area contributed by atoms with Crippen LogP contribution in [0, 0.1) is 12.5 Å². The van der Waals surface area contributed by atoms with E-state index in [0.29, 0.717) is 12.1 Å². The first kappa shape index (κ1) is 27.2. The number of benzene rings is 1. The van der Waals surface area contributed by atoms with Gasteiger partial charge in [0.2, 0.25) is 5.91 Å². The molecule has 1 aromatic rings. The summed E-state index contributed by atoms with van der Waals surface area (Å²) in [5, 5.41) is 15.1. The summed E-state index contributed by atoms with van der Waals surface area (Å²) < 4.78 is 5.20. The monoisotopic (exact) mass is 463 g/mol. The maximum absolute atomic E-state index is 13.2. The number of carbonyl (C=O) groups excluding carboxylic acids is 3. The Kier molecular flexibility index (Phi) is 10.9. The summed E-state index contributed by atoms with van der Waals surface area (Å²) in [6, 6.07) is 5.87. The molecule has 9 heteroatoms. The summed E-state index contributed by atoms with van der Waals surface area (Å²) in [6.07, 6.45) is 7.53. The maximum Gasteiger partial charge on any atom is 0.408 e. The van der Waals surface area contributed by atoms with Crippen LogP contribution in [-0.2, 0) is 14.3 Å². The summed E-state index contributed by atoms with van der Waals surface area (Å²) in [7, 11) is 0. The third-order valence-electron chi connectivity index (χ3n) is 4.32. The molecule has 1 rings (SSSR count). The van der Waals surface area contributed by atoms with E-state index < -0.39 is 35.6 Å². The predicted octanol–water partition coefficient (Wildman–Crippen LogP) is 2.98. The van der Waals surface area contributed by atoms with Gasteiger partial charge in [-0.15, -0.1) is 0 Å². The van der Waals surface area contributed by atoms with Gasteiger partial charge in [0.05, 0.1) is 0 Å². The van der Waals surface area contributed by atoms with Crippen molar-refractivity contribution in [1.29, 1.82) is 0 Å². The van der Waals surface area contributed by atoms with Crippen molar-refractivity contribution < 1.29 is 24.2 Å². The quantitative estimate of drug-likeness (QED) is 0.185. The molecule has 0 heterocycles. The van der Waals surface area contributed by atoms with Gasteiger partial charge in [-0.1, -0.05) is 38.3 Å². The molecular weight excluding hydrogens is 430 g/mol. The average molecular weight is 464 g/mol. The molecular formula is C23H33N3O5S. The number of hydrogen-bond donors (Lipinski definition) is 4.